The second-order valence-electron chi connectivity index (χ2n) is 2.83. The van der Waals surface area contributed by atoms with Gasteiger partial charge >= 0.3 is 0 Å². The zero-order chi connectivity index (χ0) is 11.4. The molecule has 15 heavy (non-hydrogen) atoms. The van der Waals surface area contributed by atoms with E-state index in [1.54, 1.807) is 12.1 Å². The maximum atomic E-state index is 11.6. The Bertz CT molecular complexity index is 382. The molecule has 1 N–H and O–H groups in total. The highest BCUT2D eigenvalue weighted by atomic mass is 35.5. The Morgan fingerprint density at radius 1 is 1.40 bits per heavy atom. The number of hydrogen-bond acceptors (Lipinski definition) is 2. The number of hydrogen-bond donors (Lipinski definition) is 1. The van der Waals surface area contributed by atoms with E-state index in [1.165, 1.54) is 11.8 Å². The minimum atomic E-state index is -0.197. The van der Waals surface area contributed by atoms with E-state index in [0.717, 1.165) is 4.90 Å². The van der Waals surface area contributed by atoms with Crippen molar-refractivity contribution in [1.82, 2.24) is 5.32 Å². The van der Waals surface area contributed by atoms with Crippen molar-refractivity contribution in [3.05, 3.63) is 27.7 Å². The Balaban J connectivity index is 3.10. The van der Waals surface area contributed by atoms with Gasteiger partial charge in [0.25, 0.3) is 5.91 Å². The maximum absolute atomic E-state index is 11.6. The molecule has 1 amide bonds. The normalized spacial score (nSPS) is 10.1. The highest BCUT2D eigenvalue weighted by molar-refractivity contribution is 7.98. The van der Waals surface area contributed by atoms with E-state index in [2.05, 4.69) is 5.32 Å². The number of amides is 1. The van der Waals surface area contributed by atoms with Gasteiger partial charge in [-0.2, -0.15) is 0 Å². The molecule has 1 aromatic rings. The fourth-order valence-corrected chi connectivity index (χ4v) is 2.31. The Kier molecular flexibility index (Phi) is 4.77. The van der Waals surface area contributed by atoms with Crippen LogP contribution < -0.4 is 5.32 Å². The summed E-state index contributed by atoms with van der Waals surface area (Å²) in [6.45, 7) is 2.42. The maximum Gasteiger partial charge on any atom is 0.252 e. The first-order valence-corrected chi connectivity index (χ1v) is 6.39. The summed E-state index contributed by atoms with van der Waals surface area (Å²) < 4.78 is 0. The monoisotopic (exact) mass is 263 g/mol. The number of rotatable bonds is 3. The van der Waals surface area contributed by atoms with Gasteiger partial charge in [0.05, 0.1) is 15.6 Å². The molecule has 0 bridgehead atoms. The quantitative estimate of drug-likeness (QED) is 0.847. The van der Waals surface area contributed by atoms with Gasteiger partial charge < -0.3 is 5.32 Å². The van der Waals surface area contributed by atoms with Gasteiger partial charge in [-0.3, -0.25) is 4.79 Å². The van der Waals surface area contributed by atoms with Crippen molar-refractivity contribution < 1.29 is 4.79 Å². The Labute approximate surface area is 103 Å². The van der Waals surface area contributed by atoms with Crippen molar-refractivity contribution in [2.45, 2.75) is 11.8 Å². The summed E-state index contributed by atoms with van der Waals surface area (Å²) >= 11 is 13.5. The second kappa shape index (κ2) is 5.64. The molecule has 5 heteroatoms. The van der Waals surface area contributed by atoms with Crippen LogP contribution in [-0.4, -0.2) is 18.7 Å². The molecule has 0 aliphatic carbocycles. The summed E-state index contributed by atoms with van der Waals surface area (Å²) in [5.41, 5.74) is 0.418. The van der Waals surface area contributed by atoms with Crippen LogP contribution in [0.2, 0.25) is 10.0 Å². The van der Waals surface area contributed by atoms with E-state index < -0.39 is 0 Å². The standard InChI is InChI=1S/C10H11Cl2NOS/c1-3-13-10(14)6-4-8(12)9(15-2)5-7(6)11/h4-5H,3H2,1-2H3,(H,13,14). The van der Waals surface area contributed by atoms with E-state index in [1.807, 2.05) is 13.2 Å². The predicted molar refractivity (Wildman–Crippen MR) is 66.3 cm³/mol. The van der Waals surface area contributed by atoms with Gasteiger partial charge in [-0.05, 0) is 25.3 Å². The first kappa shape index (κ1) is 12.7. The fraction of sp³-hybridized carbons (Fsp3) is 0.300. The van der Waals surface area contributed by atoms with Gasteiger partial charge in [0.1, 0.15) is 0 Å². The Morgan fingerprint density at radius 3 is 2.60 bits per heavy atom. The van der Waals surface area contributed by atoms with E-state index in [-0.39, 0.29) is 5.91 Å². The average molecular weight is 264 g/mol. The number of benzene rings is 1. The van der Waals surface area contributed by atoms with Crippen LogP contribution in [0.4, 0.5) is 0 Å². The molecule has 0 heterocycles. The first-order valence-electron chi connectivity index (χ1n) is 4.41. The minimum Gasteiger partial charge on any atom is -0.352 e. The molecule has 0 aromatic heterocycles. The van der Waals surface area contributed by atoms with Crippen LogP contribution in [0.5, 0.6) is 0 Å². The van der Waals surface area contributed by atoms with Gasteiger partial charge in [-0.15, -0.1) is 11.8 Å². The van der Waals surface area contributed by atoms with Crippen molar-refractivity contribution in [3.63, 3.8) is 0 Å². The van der Waals surface area contributed by atoms with E-state index >= 15 is 0 Å². The van der Waals surface area contributed by atoms with Crippen LogP contribution in [0, 0.1) is 0 Å². The molecule has 0 fully saturated rings. The third-order valence-electron chi connectivity index (χ3n) is 1.82. The molecular weight excluding hydrogens is 253 g/mol. The number of halogens is 2. The van der Waals surface area contributed by atoms with Crippen molar-refractivity contribution in [2.75, 3.05) is 12.8 Å². The van der Waals surface area contributed by atoms with Gasteiger partial charge in [0.2, 0.25) is 0 Å². The number of carbonyl (C=O) groups excluding carboxylic acids is 1. The molecule has 0 radical (unpaired) electrons. The first-order chi connectivity index (χ1) is 7.10. The zero-order valence-corrected chi connectivity index (χ0v) is 10.8. The molecule has 0 atom stereocenters. The summed E-state index contributed by atoms with van der Waals surface area (Å²) in [5.74, 6) is -0.197. The van der Waals surface area contributed by atoms with Crippen LogP contribution in [0.15, 0.2) is 17.0 Å². The van der Waals surface area contributed by atoms with Crippen molar-refractivity contribution in [2.24, 2.45) is 0 Å². The summed E-state index contributed by atoms with van der Waals surface area (Å²) in [5, 5.41) is 3.65. The predicted octanol–water partition coefficient (Wildman–Crippen LogP) is 3.47. The molecule has 2 nitrogen and oxygen atoms in total. The average Bonchev–Trinajstić information content (AvgIpc) is 2.21. The van der Waals surface area contributed by atoms with E-state index in [9.17, 15) is 4.79 Å². The zero-order valence-electron chi connectivity index (χ0n) is 8.43. The third kappa shape index (κ3) is 3.03. The van der Waals surface area contributed by atoms with Gasteiger partial charge in [-0.1, -0.05) is 23.2 Å². The smallest absolute Gasteiger partial charge is 0.252 e. The molecular formula is C10H11Cl2NOS. The molecule has 1 aromatic carbocycles. The molecule has 0 unspecified atom stereocenters. The summed E-state index contributed by atoms with van der Waals surface area (Å²) in [7, 11) is 0. The van der Waals surface area contributed by atoms with Crippen molar-refractivity contribution in [1.29, 1.82) is 0 Å². The third-order valence-corrected chi connectivity index (χ3v) is 3.34. The highest BCUT2D eigenvalue weighted by Crippen LogP contribution is 2.31. The molecule has 0 aliphatic rings. The topological polar surface area (TPSA) is 29.1 Å². The Hall–Kier alpha value is -0.380. The molecule has 82 valence electrons. The Morgan fingerprint density at radius 2 is 2.07 bits per heavy atom. The lowest BCUT2D eigenvalue weighted by atomic mass is 10.2. The molecule has 0 spiro atoms. The van der Waals surface area contributed by atoms with Crippen molar-refractivity contribution in [3.8, 4) is 0 Å². The molecule has 1 rings (SSSR count). The van der Waals surface area contributed by atoms with Crippen molar-refractivity contribution >= 4 is 40.9 Å². The minimum absolute atomic E-state index is 0.197. The molecule has 0 saturated heterocycles. The lowest BCUT2D eigenvalue weighted by molar-refractivity contribution is 0.0956. The number of carbonyl (C=O) groups is 1. The van der Waals surface area contributed by atoms with Crippen LogP contribution in [0.1, 0.15) is 17.3 Å². The van der Waals surface area contributed by atoms with Crippen LogP contribution in [-0.2, 0) is 0 Å². The second-order valence-corrected chi connectivity index (χ2v) is 4.49. The van der Waals surface area contributed by atoms with Crippen LogP contribution in [0.25, 0.3) is 0 Å². The summed E-state index contributed by atoms with van der Waals surface area (Å²) in [4.78, 5) is 12.4. The van der Waals surface area contributed by atoms with E-state index in [4.69, 9.17) is 23.2 Å². The molecule has 0 aliphatic heterocycles. The SMILES string of the molecule is CCNC(=O)c1cc(Cl)c(SC)cc1Cl. The van der Waals surface area contributed by atoms with Crippen LogP contribution >= 0.6 is 35.0 Å². The van der Waals surface area contributed by atoms with Crippen LogP contribution in [0.3, 0.4) is 0 Å². The lowest BCUT2D eigenvalue weighted by Gasteiger charge is -2.07. The van der Waals surface area contributed by atoms with Gasteiger partial charge in [0, 0.05) is 11.4 Å². The number of thioether (sulfide) groups is 1. The molecule has 0 saturated carbocycles. The summed E-state index contributed by atoms with van der Waals surface area (Å²) in [6.07, 6.45) is 1.91. The number of nitrogens with one attached hydrogen (secondary N) is 1. The summed E-state index contributed by atoms with van der Waals surface area (Å²) in [6, 6.07) is 3.31. The highest BCUT2D eigenvalue weighted by Gasteiger charge is 2.12. The van der Waals surface area contributed by atoms with Gasteiger partial charge in [0.15, 0.2) is 0 Å². The largest absolute Gasteiger partial charge is 0.352 e. The van der Waals surface area contributed by atoms with Gasteiger partial charge in [-0.25, -0.2) is 0 Å². The fourth-order valence-electron chi connectivity index (χ4n) is 1.11. The lowest BCUT2D eigenvalue weighted by Crippen LogP contribution is -2.22. The van der Waals surface area contributed by atoms with E-state index in [0.29, 0.717) is 22.2 Å².